The van der Waals surface area contributed by atoms with E-state index in [2.05, 4.69) is 25.5 Å². The van der Waals surface area contributed by atoms with Crippen LogP contribution in [-0.4, -0.2) is 51.0 Å². The average molecular weight is 290 g/mol. The number of morpholine rings is 1. The number of hydrazine groups is 1. The highest BCUT2D eigenvalue weighted by Gasteiger charge is 2.18. The number of hydrogen-bond donors (Lipinski definition) is 2. The fourth-order valence-electron chi connectivity index (χ4n) is 2.25. The van der Waals surface area contributed by atoms with E-state index in [9.17, 15) is 0 Å². The van der Waals surface area contributed by atoms with Gasteiger partial charge in [-0.05, 0) is 19.9 Å². The van der Waals surface area contributed by atoms with Gasteiger partial charge in [-0.15, -0.1) is 0 Å². The predicted octanol–water partition coefficient (Wildman–Crippen LogP) is -0.204. The lowest BCUT2D eigenvalue weighted by atomic mass is 10.4. The van der Waals surface area contributed by atoms with Crippen LogP contribution in [0.15, 0.2) is 6.07 Å². The normalized spacial score (nSPS) is 15.3. The highest BCUT2D eigenvalue weighted by molar-refractivity contribution is 5.40. The summed E-state index contributed by atoms with van der Waals surface area (Å²) in [5.74, 6) is 6.80. The fourth-order valence-corrected chi connectivity index (χ4v) is 2.25. The van der Waals surface area contributed by atoms with Gasteiger partial charge >= 0.3 is 0 Å². The predicted molar refractivity (Wildman–Crippen MR) is 77.3 cm³/mol. The van der Waals surface area contributed by atoms with Gasteiger partial charge < -0.3 is 9.64 Å². The number of hydrogen-bond acceptors (Lipinski definition) is 8. The van der Waals surface area contributed by atoms with Gasteiger partial charge in [0.05, 0.1) is 18.9 Å². The van der Waals surface area contributed by atoms with E-state index in [-0.39, 0.29) is 0 Å². The number of aromatic nitrogens is 5. The minimum Gasteiger partial charge on any atom is -0.378 e. The van der Waals surface area contributed by atoms with Gasteiger partial charge in [0.15, 0.2) is 0 Å². The summed E-state index contributed by atoms with van der Waals surface area (Å²) in [6, 6.07) is 1.97. The topological polar surface area (TPSA) is 107 Å². The van der Waals surface area contributed by atoms with E-state index in [0.717, 1.165) is 24.5 Å². The molecule has 0 unspecified atom stereocenters. The molecule has 1 aliphatic heterocycles. The Hall–Kier alpha value is -2.26. The second-order valence-corrected chi connectivity index (χ2v) is 4.84. The van der Waals surface area contributed by atoms with Crippen molar-refractivity contribution in [3.05, 3.63) is 17.5 Å². The quantitative estimate of drug-likeness (QED) is 0.591. The van der Waals surface area contributed by atoms with E-state index in [1.807, 2.05) is 24.8 Å². The molecule has 1 aliphatic rings. The van der Waals surface area contributed by atoms with Crippen LogP contribution in [0.3, 0.4) is 0 Å². The highest BCUT2D eigenvalue weighted by Crippen LogP contribution is 2.15. The molecule has 2 aromatic rings. The molecule has 0 amide bonds. The Morgan fingerprint density at radius 1 is 1.14 bits per heavy atom. The van der Waals surface area contributed by atoms with E-state index >= 15 is 0 Å². The zero-order valence-corrected chi connectivity index (χ0v) is 12.1. The van der Waals surface area contributed by atoms with Crippen LogP contribution in [0.5, 0.6) is 0 Å². The van der Waals surface area contributed by atoms with Crippen LogP contribution in [0.2, 0.25) is 0 Å². The Bertz CT molecular complexity index is 634. The SMILES string of the molecule is Cc1cc(C)n(-c2nc(NN)nc(N3CCOCC3)n2)n1. The third-order valence-corrected chi connectivity index (χ3v) is 3.23. The Balaban J connectivity index is 2.02. The Morgan fingerprint density at radius 3 is 2.48 bits per heavy atom. The maximum Gasteiger partial charge on any atom is 0.257 e. The molecule has 0 bridgehead atoms. The van der Waals surface area contributed by atoms with Gasteiger partial charge in [-0.3, -0.25) is 5.43 Å². The number of rotatable bonds is 3. The summed E-state index contributed by atoms with van der Waals surface area (Å²) >= 11 is 0. The zero-order chi connectivity index (χ0) is 14.8. The minimum atomic E-state index is 0.314. The van der Waals surface area contributed by atoms with Crippen LogP contribution in [-0.2, 0) is 4.74 Å². The van der Waals surface area contributed by atoms with E-state index in [4.69, 9.17) is 10.6 Å². The number of nitrogens with one attached hydrogen (secondary N) is 1. The largest absolute Gasteiger partial charge is 0.378 e. The molecule has 0 spiro atoms. The molecule has 0 aliphatic carbocycles. The van der Waals surface area contributed by atoms with Gasteiger partial charge in [-0.25, -0.2) is 10.5 Å². The van der Waals surface area contributed by atoms with Crippen molar-refractivity contribution in [3.63, 3.8) is 0 Å². The number of anilines is 2. The molecule has 3 N–H and O–H groups in total. The van der Waals surface area contributed by atoms with Crippen LogP contribution in [0, 0.1) is 13.8 Å². The second kappa shape index (κ2) is 5.62. The summed E-state index contributed by atoms with van der Waals surface area (Å²) in [6.45, 7) is 6.68. The van der Waals surface area contributed by atoms with Crippen molar-refractivity contribution in [2.75, 3.05) is 36.6 Å². The van der Waals surface area contributed by atoms with Gasteiger partial charge in [-0.1, -0.05) is 0 Å². The van der Waals surface area contributed by atoms with E-state index in [1.54, 1.807) is 4.68 Å². The molecule has 1 saturated heterocycles. The van der Waals surface area contributed by atoms with Crippen LogP contribution in [0.4, 0.5) is 11.9 Å². The van der Waals surface area contributed by atoms with Crippen molar-refractivity contribution >= 4 is 11.9 Å². The fraction of sp³-hybridized carbons (Fsp3) is 0.500. The van der Waals surface area contributed by atoms with Crippen molar-refractivity contribution in [2.24, 2.45) is 5.84 Å². The van der Waals surface area contributed by atoms with Crippen LogP contribution in [0.1, 0.15) is 11.4 Å². The third-order valence-electron chi connectivity index (χ3n) is 3.23. The van der Waals surface area contributed by atoms with Crippen molar-refractivity contribution in [3.8, 4) is 5.95 Å². The van der Waals surface area contributed by atoms with Crippen LogP contribution in [0.25, 0.3) is 5.95 Å². The Morgan fingerprint density at radius 2 is 1.86 bits per heavy atom. The number of nitrogens with zero attached hydrogens (tertiary/aromatic N) is 6. The second-order valence-electron chi connectivity index (χ2n) is 4.84. The van der Waals surface area contributed by atoms with Crippen molar-refractivity contribution in [2.45, 2.75) is 13.8 Å². The average Bonchev–Trinajstić information content (AvgIpc) is 2.86. The smallest absolute Gasteiger partial charge is 0.257 e. The minimum absolute atomic E-state index is 0.314. The molecule has 0 atom stereocenters. The summed E-state index contributed by atoms with van der Waals surface area (Å²) < 4.78 is 7.03. The maximum atomic E-state index is 5.46. The lowest BCUT2D eigenvalue weighted by Gasteiger charge is -2.27. The molecule has 0 saturated carbocycles. The Labute approximate surface area is 122 Å². The molecule has 3 heterocycles. The summed E-state index contributed by atoms with van der Waals surface area (Å²) in [4.78, 5) is 15.1. The molecule has 112 valence electrons. The summed E-state index contributed by atoms with van der Waals surface area (Å²) in [6.07, 6.45) is 0. The van der Waals surface area contributed by atoms with Crippen molar-refractivity contribution in [1.29, 1.82) is 0 Å². The molecule has 3 rings (SSSR count). The summed E-state index contributed by atoms with van der Waals surface area (Å²) in [5, 5.41) is 4.39. The molecule has 9 nitrogen and oxygen atoms in total. The molecule has 0 aromatic carbocycles. The molecular formula is C12H18N8O. The van der Waals surface area contributed by atoms with Gasteiger partial charge in [0, 0.05) is 18.8 Å². The number of aryl methyl sites for hydroxylation is 2. The van der Waals surface area contributed by atoms with Gasteiger partial charge in [0.2, 0.25) is 11.9 Å². The molecule has 2 aromatic heterocycles. The van der Waals surface area contributed by atoms with Crippen molar-refractivity contribution in [1.82, 2.24) is 24.7 Å². The standard InChI is InChI=1S/C12H18N8O/c1-8-7-9(2)20(18-8)12-15-10(17-13)14-11(16-12)19-3-5-21-6-4-19/h7H,3-6,13H2,1-2H3,(H,14,15,16,17). The Kier molecular flexibility index (Phi) is 3.67. The monoisotopic (exact) mass is 290 g/mol. The van der Waals surface area contributed by atoms with Crippen LogP contribution < -0.4 is 16.2 Å². The molecule has 21 heavy (non-hydrogen) atoms. The molecule has 1 fully saturated rings. The first-order valence-corrected chi connectivity index (χ1v) is 6.76. The van der Waals surface area contributed by atoms with Gasteiger partial charge in [0.1, 0.15) is 0 Å². The summed E-state index contributed by atoms with van der Waals surface area (Å²) in [7, 11) is 0. The third kappa shape index (κ3) is 2.78. The first-order chi connectivity index (χ1) is 10.2. The lowest BCUT2D eigenvalue weighted by molar-refractivity contribution is 0.122. The van der Waals surface area contributed by atoms with Crippen molar-refractivity contribution < 1.29 is 4.74 Å². The van der Waals surface area contributed by atoms with E-state index in [1.165, 1.54) is 0 Å². The molecular weight excluding hydrogens is 272 g/mol. The number of nitrogens with two attached hydrogens (primary N) is 1. The lowest BCUT2D eigenvalue weighted by Crippen LogP contribution is -2.37. The van der Waals surface area contributed by atoms with E-state index in [0.29, 0.717) is 31.1 Å². The first kappa shape index (κ1) is 13.7. The zero-order valence-electron chi connectivity index (χ0n) is 12.1. The summed E-state index contributed by atoms with van der Waals surface area (Å²) in [5.41, 5.74) is 4.34. The molecule has 9 heteroatoms. The number of nitrogen functional groups attached to an aromatic ring is 1. The first-order valence-electron chi connectivity index (χ1n) is 6.76. The maximum absolute atomic E-state index is 5.46. The number of ether oxygens (including phenoxy) is 1. The molecule has 0 radical (unpaired) electrons. The van der Waals surface area contributed by atoms with E-state index < -0.39 is 0 Å². The van der Waals surface area contributed by atoms with Gasteiger partial charge in [-0.2, -0.15) is 20.1 Å². The van der Waals surface area contributed by atoms with Crippen LogP contribution >= 0.6 is 0 Å². The van der Waals surface area contributed by atoms with Gasteiger partial charge in [0.25, 0.3) is 5.95 Å². The highest BCUT2D eigenvalue weighted by atomic mass is 16.5.